The Bertz CT molecular complexity index is 1340. The second kappa shape index (κ2) is 9.03. The quantitative estimate of drug-likeness (QED) is 0.371. The molecule has 1 spiro atoms. The van der Waals surface area contributed by atoms with Crippen LogP contribution in [0.1, 0.15) is 19.8 Å². The predicted octanol–water partition coefficient (Wildman–Crippen LogP) is 3.32. The number of nitrogens with zero attached hydrogens (tertiary/aromatic N) is 2. The number of aliphatic hydroxyl groups excluding tert-OH is 1. The first-order chi connectivity index (χ1) is 17.9. The van der Waals surface area contributed by atoms with E-state index in [1.807, 2.05) is 73.7 Å². The molecule has 2 amide bonds. The summed E-state index contributed by atoms with van der Waals surface area (Å²) in [6, 6.07) is 13.2. The number of esters is 1. The lowest BCUT2D eigenvalue weighted by molar-refractivity contribution is -0.152. The number of benzene rings is 2. The Morgan fingerprint density at radius 3 is 2.62 bits per heavy atom. The lowest BCUT2D eigenvalue weighted by Gasteiger charge is -2.36. The van der Waals surface area contributed by atoms with E-state index in [0.29, 0.717) is 25.9 Å². The van der Waals surface area contributed by atoms with Crippen molar-refractivity contribution in [2.45, 2.75) is 35.3 Å². The number of unbranched alkanes of at least 4 members (excludes halogenated alkanes) is 1. The molecule has 4 aliphatic rings. The monoisotopic (exact) mass is 518 g/mol. The minimum Gasteiger partial charge on any atom is -0.461 e. The standard InChI is InChI=1S/C29H30N2O5S/c1-28-12-7-17-36-27(35)23(28)22-25(33)31(14-4-5-16-32)24-26(34)30(15-6-13-29(22,24)37-28)21-11-10-19-8-2-3-9-20(19)18-21/h2-3,6-13,18,22-24,32H,4-5,14-17H2,1H3/t22-,23-,24?,28+,29-/m0/s1. The summed E-state index contributed by atoms with van der Waals surface area (Å²) in [5.74, 6) is -2.10. The summed E-state index contributed by atoms with van der Waals surface area (Å²) < 4.78 is 3.93. The van der Waals surface area contributed by atoms with Crippen LogP contribution >= 0.6 is 11.8 Å². The zero-order valence-corrected chi connectivity index (χ0v) is 21.5. The van der Waals surface area contributed by atoms with E-state index in [0.717, 1.165) is 16.5 Å². The highest BCUT2D eigenvalue weighted by Gasteiger charge is 2.74. The number of cyclic esters (lactones) is 1. The van der Waals surface area contributed by atoms with Crippen molar-refractivity contribution < 1.29 is 24.2 Å². The Labute approximate surface area is 220 Å². The number of carbonyl (C=O) groups excluding carboxylic acids is 3. The van der Waals surface area contributed by atoms with Gasteiger partial charge in [0.05, 0.1) is 16.6 Å². The number of rotatable bonds is 5. The van der Waals surface area contributed by atoms with Crippen LogP contribution in [0.25, 0.3) is 10.8 Å². The number of carbonyl (C=O) groups is 3. The molecule has 0 aliphatic carbocycles. The normalized spacial score (nSPS) is 32.7. The van der Waals surface area contributed by atoms with Crippen molar-refractivity contribution in [1.82, 2.24) is 4.90 Å². The summed E-state index contributed by atoms with van der Waals surface area (Å²) in [5, 5.41) is 11.5. The molecule has 0 aromatic heterocycles. The molecule has 0 radical (unpaired) electrons. The van der Waals surface area contributed by atoms with Gasteiger partial charge in [-0.2, -0.15) is 0 Å². The lowest BCUT2D eigenvalue weighted by atomic mass is 9.75. The molecule has 0 bridgehead atoms. The number of ether oxygens (including phenoxy) is 1. The van der Waals surface area contributed by atoms with Crippen molar-refractivity contribution in [1.29, 1.82) is 0 Å². The van der Waals surface area contributed by atoms with Gasteiger partial charge in [0.1, 0.15) is 12.6 Å². The molecule has 8 heteroatoms. The van der Waals surface area contributed by atoms with Gasteiger partial charge in [-0.05, 0) is 48.7 Å². The first-order valence-electron chi connectivity index (χ1n) is 12.8. The van der Waals surface area contributed by atoms with E-state index < -0.39 is 27.4 Å². The van der Waals surface area contributed by atoms with E-state index in [2.05, 4.69) is 0 Å². The van der Waals surface area contributed by atoms with Gasteiger partial charge in [-0.25, -0.2) is 0 Å². The second-order valence-corrected chi connectivity index (χ2v) is 12.2. The van der Waals surface area contributed by atoms with Crippen molar-refractivity contribution in [3.05, 3.63) is 66.8 Å². The zero-order chi connectivity index (χ0) is 25.8. The Kier molecular flexibility index (Phi) is 5.92. The topological polar surface area (TPSA) is 87.1 Å². The highest BCUT2D eigenvalue weighted by atomic mass is 32.2. The molecule has 1 N–H and O–H groups in total. The van der Waals surface area contributed by atoms with Crippen molar-refractivity contribution in [3.63, 3.8) is 0 Å². The van der Waals surface area contributed by atoms with Crippen LogP contribution in [-0.2, 0) is 19.1 Å². The molecule has 7 nitrogen and oxygen atoms in total. The van der Waals surface area contributed by atoms with Crippen molar-refractivity contribution in [2.75, 3.05) is 31.2 Å². The number of aliphatic hydroxyl groups is 1. The van der Waals surface area contributed by atoms with Crippen LogP contribution in [-0.4, -0.2) is 69.6 Å². The van der Waals surface area contributed by atoms with Crippen LogP contribution in [0.4, 0.5) is 5.69 Å². The van der Waals surface area contributed by atoms with Gasteiger partial charge in [0.15, 0.2) is 0 Å². The van der Waals surface area contributed by atoms with Crippen LogP contribution in [0, 0.1) is 11.8 Å². The smallest absolute Gasteiger partial charge is 0.311 e. The van der Waals surface area contributed by atoms with Gasteiger partial charge in [-0.15, -0.1) is 11.8 Å². The third kappa shape index (κ3) is 3.64. The fraction of sp³-hybridized carbons (Fsp3) is 0.414. The van der Waals surface area contributed by atoms with E-state index in [1.54, 1.807) is 21.6 Å². The maximum Gasteiger partial charge on any atom is 0.311 e. The summed E-state index contributed by atoms with van der Waals surface area (Å²) in [7, 11) is 0. The minimum absolute atomic E-state index is 0.0187. The number of hydrogen-bond donors (Lipinski definition) is 1. The van der Waals surface area contributed by atoms with Gasteiger partial charge in [0.2, 0.25) is 5.91 Å². The summed E-state index contributed by atoms with van der Waals surface area (Å²) in [6.07, 6.45) is 8.91. The van der Waals surface area contributed by atoms with E-state index >= 15 is 0 Å². The number of fused-ring (bicyclic) bond motifs is 3. The van der Waals surface area contributed by atoms with Gasteiger partial charge in [-0.1, -0.05) is 48.6 Å². The molecule has 192 valence electrons. The number of amides is 2. The second-order valence-electron chi connectivity index (χ2n) is 10.4. The van der Waals surface area contributed by atoms with E-state index in [-0.39, 0.29) is 31.0 Å². The van der Waals surface area contributed by atoms with Crippen LogP contribution in [0.5, 0.6) is 0 Å². The molecular weight excluding hydrogens is 488 g/mol. The predicted molar refractivity (Wildman–Crippen MR) is 143 cm³/mol. The van der Waals surface area contributed by atoms with E-state index in [4.69, 9.17) is 4.74 Å². The van der Waals surface area contributed by atoms with Crippen LogP contribution in [0.2, 0.25) is 0 Å². The summed E-state index contributed by atoms with van der Waals surface area (Å²) in [6.45, 7) is 2.91. The average molecular weight is 519 g/mol. The average Bonchev–Trinajstić information content (AvgIpc) is 3.14. The number of anilines is 1. The molecule has 4 aliphatic heterocycles. The maximum atomic E-state index is 14.4. The van der Waals surface area contributed by atoms with Crippen molar-refractivity contribution in [2.24, 2.45) is 11.8 Å². The van der Waals surface area contributed by atoms with Crippen molar-refractivity contribution >= 4 is 46.0 Å². The van der Waals surface area contributed by atoms with E-state index in [9.17, 15) is 19.5 Å². The molecular formula is C29H30N2O5S. The molecule has 2 aromatic carbocycles. The van der Waals surface area contributed by atoms with Gasteiger partial charge in [0, 0.05) is 30.1 Å². The van der Waals surface area contributed by atoms with Gasteiger partial charge < -0.3 is 19.6 Å². The third-order valence-corrected chi connectivity index (χ3v) is 9.96. The fourth-order valence-corrected chi connectivity index (χ4v) is 8.72. The zero-order valence-electron chi connectivity index (χ0n) is 20.7. The number of thioether (sulfide) groups is 1. The van der Waals surface area contributed by atoms with Crippen LogP contribution < -0.4 is 4.90 Å². The summed E-state index contributed by atoms with van der Waals surface area (Å²) >= 11 is 1.55. The largest absolute Gasteiger partial charge is 0.461 e. The van der Waals surface area contributed by atoms with Crippen LogP contribution in [0.3, 0.4) is 0 Å². The Morgan fingerprint density at radius 2 is 1.81 bits per heavy atom. The Morgan fingerprint density at radius 1 is 1.00 bits per heavy atom. The van der Waals surface area contributed by atoms with Crippen molar-refractivity contribution in [3.8, 4) is 0 Å². The number of hydrogen-bond acceptors (Lipinski definition) is 6. The Balaban J connectivity index is 1.46. The third-order valence-electron chi connectivity index (χ3n) is 8.16. The highest BCUT2D eigenvalue weighted by molar-refractivity contribution is 8.02. The molecule has 2 fully saturated rings. The summed E-state index contributed by atoms with van der Waals surface area (Å²) in [5.41, 5.74) is 0.777. The molecule has 2 saturated heterocycles. The van der Waals surface area contributed by atoms with E-state index in [1.165, 1.54) is 0 Å². The molecule has 5 atom stereocenters. The molecule has 6 rings (SSSR count). The first-order valence-corrected chi connectivity index (χ1v) is 13.6. The van der Waals surface area contributed by atoms with Gasteiger partial charge in [-0.3, -0.25) is 14.4 Å². The molecule has 2 aromatic rings. The Hall–Kier alpha value is -3.10. The lowest BCUT2D eigenvalue weighted by Crippen LogP contribution is -2.53. The highest BCUT2D eigenvalue weighted by Crippen LogP contribution is 2.65. The van der Waals surface area contributed by atoms with Gasteiger partial charge >= 0.3 is 5.97 Å². The molecule has 37 heavy (non-hydrogen) atoms. The van der Waals surface area contributed by atoms with Gasteiger partial charge in [0.25, 0.3) is 5.91 Å². The summed E-state index contributed by atoms with van der Waals surface area (Å²) in [4.78, 5) is 45.2. The minimum atomic E-state index is -0.890. The maximum absolute atomic E-state index is 14.4. The van der Waals surface area contributed by atoms with Crippen LogP contribution in [0.15, 0.2) is 66.8 Å². The molecule has 4 heterocycles. The fourth-order valence-electron chi connectivity index (χ4n) is 6.57. The molecule has 0 saturated carbocycles. The first kappa shape index (κ1) is 24.2. The SMILES string of the molecule is C[C@@]12C=CCOC(=O)[C@@H]1[C@H]1C(=O)N(CCCCO)C3C(=O)N(c4ccc5ccccc5c4)CC=C[C@@]31S2. The number of likely N-dealkylation sites (tertiary alicyclic amines) is 1. The molecule has 1 unspecified atom stereocenters.